The van der Waals surface area contributed by atoms with Crippen molar-refractivity contribution in [3.63, 3.8) is 0 Å². The lowest BCUT2D eigenvalue weighted by atomic mass is 10.1. The van der Waals surface area contributed by atoms with Gasteiger partial charge in [-0.2, -0.15) is 0 Å². The first kappa shape index (κ1) is 22.7. The van der Waals surface area contributed by atoms with Gasteiger partial charge in [0, 0.05) is 0 Å². The van der Waals surface area contributed by atoms with Crippen LogP contribution in [0.5, 0.6) is 5.75 Å². The third-order valence-corrected chi connectivity index (χ3v) is 5.75. The molecule has 2 aromatic carbocycles. The Morgan fingerprint density at radius 2 is 1.72 bits per heavy atom. The summed E-state index contributed by atoms with van der Waals surface area (Å²) in [6.45, 7) is 6.21. The second kappa shape index (κ2) is 10.3. The Bertz CT molecular complexity index is 893. The largest absolute Gasteiger partial charge is 0.492 e. The third kappa shape index (κ3) is 6.78. The van der Waals surface area contributed by atoms with Gasteiger partial charge in [0.15, 0.2) is 0 Å². The Kier molecular flexibility index (Phi) is 8.08. The first-order chi connectivity index (χ1) is 13.7. The number of anilines is 1. The van der Waals surface area contributed by atoms with E-state index >= 15 is 0 Å². The molecule has 0 unspecified atom stereocenters. The Hall–Kier alpha value is -2.54. The van der Waals surface area contributed by atoms with Gasteiger partial charge in [0.05, 0.1) is 18.5 Å². The predicted molar refractivity (Wildman–Crippen MR) is 117 cm³/mol. The number of ether oxygens (including phenoxy) is 1. The molecule has 0 fully saturated rings. The summed E-state index contributed by atoms with van der Waals surface area (Å²) in [7, 11) is -3.62. The average molecular weight is 419 g/mol. The molecule has 1 amide bonds. The fourth-order valence-electron chi connectivity index (χ4n) is 3.03. The number of amides is 1. The monoisotopic (exact) mass is 418 g/mol. The second-order valence-corrected chi connectivity index (χ2v) is 8.96. The van der Waals surface area contributed by atoms with Gasteiger partial charge < -0.3 is 10.1 Å². The Balaban J connectivity index is 1.91. The minimum atomic E-state index is -3.62. The van der Waals surface area contributed by atoms with Gasteiger partial charge in [-0.25, -0.2) is 8.42 Å². The van der Waals surface area contributed by atoms with Crippen LogP contribution in [0.15, 0.2) is 48.5 Å². The molecule has 0 bridgehead atoms. The molecular weight excluding hydrogens is 388 g/mol. The number of aryl methyl sites for hydroxylation is 2. The van der Waals surface area contributed by atoms with E-state index in [4.69, 9.17) is 4.74 Å². The number of carbonyl (C=O) groups excluding carboxylic acids is 1. The number of benzene rings is 2. The Labute approximate surface area is 173 Å². The first-order valence-corrected chi connectivity index (χ1v) is 11.6. The summed E-state index contributed by atoms with van der Waals surface area (Å²) in [6, 6.07) is 14.1. The smallest absolute Gasteiger partial charge is 0.243 e. The molecule has 0 heterocycles. The lowest BCUT2D eigenvalue weighted by Gasteiger charge is -2.28. The van der Waals surface area contributed by atoms with E-state index in [1.165, 1.54) is 5.56 Å². The molecule has 0 saturated heterocycles. The normalized spacial score (nSPS) is 12.3. The zero-order valence-electron chi connectivity index (χ0n) is 17.5. The van der Waals surface area contributed by atoms with Crippen molar-refractivity contribution < 1.29 is 17.9 Å². The summed E-state index contributed by atoms with van der Waals surface area (Å²) in [5.41, 5.74) is 2.74. The summed E-state index contributed by atoms with van der Waals surface area (Å²) >= 11 is 0. The van der Waals surface area contributed by atoms with Crippen LogP contribution in [0.3, 0.4) is 0 Å². The van der Waals surface area contributed by atoms with Crippen molar-refractivity contribution in [2.45, 2.75) is 39.7 Å². The van der Waals surface area contributed by atoms with Crippen LogP contribution in [-0.2, 0) is 21.2 Å². The zero-order chi connectivity index (χ0) is 21.4. The highest BCUT2D eigenvalue weighted by Gasteiger charge is 2.28. The van der Waals surface area contributed by atoms with Gasteiger partial charge in [-0.15, -0.1) is 0 Å². The van der Waals surface area contributed by atoms with Gasteiger partial charge in [-0.05, 0) is 50.1 Å². The number of rotatable bonds is 10. The molecule has 158 valence electrons. The number of nitrogens with zero attached hydrogens (tertiary/aromatic N) is 1. The van der Waals surface area contributed by atoms with E-state index in [-0.39, 0.29) is 12.5 Å². The maximum atomic E-state index is 12.5. The van der Waals surface area contributed by atoms with Crippen molar-refractivity contribution in [3.8, 4) is 5.75 Å². The van der Waals surface area contributed by atoms with Crippen molar-refractivity contribution in [1.29, 1.82) is 0 Å². The molecule has 0 aliphatic carbocycles. The van der Waals surface area contributed by atoms with Crippen LogP contribution in [0.4, 0.5) is 5.69 Å². The van der Waals surface area contributed by atoms with Crippen LogP contribution in [-0.4, -0.2) is 39.8 Å². The van der Waals surface area contributed by atoms with E-state index in [1.54, 1.807) is 19.1 Å². The minimum absolute atomic E-state index is 0.283. The molecular formula is C22H30N2O4S. The zero-order valence-corrected chi connectivity index (χ0v) is 18.3. The van der Waals surface area contributed by atoms with Crippen molar-refractivity contribution in [2.75, 3.05) is 23.7 Å². The van der Waals surface area contributed by atoms with Crippen molar-refractivity contribution in [1.82, 2.24) is 5.32 Å². The third-order valence-electron chi connectivity index (χ3n) is 4.51. The standard InChI is InChI=1S/C22H30N2O4S/c1-5-6-19-9-13-21(14-10-19)28-16-15-23-22(25)18(3)24(29(4,26)27)20-11-7-17(2)8-12-20/h7-14,18H,5-6,15-16H2,1-4H3,(H,23,25)/t18-/m0/s1. The van der Waals surface area contributed by atoms with E-state index in [9.17, 15) is 13.2 Å². The minimum Gasteiger partial charge on any atom is -0.492 e. The van der Waals surface area contributed by atoms with Gasteiger partial charge in [-0.3, -0.25) is 9.10 Å². The SMILES string of the molecule is CCCc1ccc(OCCNC(=O)[C@H](C)N(c2ccc(C)cc2)S(C)(=O)=O)cc1. The lowest BCUT2D eigenvalue weighted by molar-refractivity contribution is -0.121. The van der Waals surface area contributed by atoms with Crippen LogP contribution >= 0.6 is 0 Å². The van der Waals surface area contributed by atoms with E-state index in [0.717, 1.165) is 34.7 Å². The van der Waals surface area contributed by atoms with Crippen LogP contribution in [0.25, 0.3) is 0 Å². The molecule has 1 N–H and O–H groups in total. The highest BCUT2D eigenvalue weighted by molar-refractivity contribution is 7.92. The number of nitrogens with one attached hydrogen (secondary N) is 1. The van der Waals surface area contributed by atoms with Gasteiger partial charge in [0.1, 0.15) is 18.4 Å². The average Bonchev–Trinajstić information content (AvgIpc) is 2.67. The number of carbonyl (C=O) groups is 1. The molecule has 0 aromatic heterocycles. The molecule has 0 aliphatic heterocycles. The fourth-order valence-corrected chi connectivity index (χ4v) is 4.21. The van der Waals surface area contributed by atoms with Gasteiger partial charge in [0.2, 0.25) is 15.9 Å². The molecule has 6 nitrogen and oxygen atoms in total. The van der Waals surface area contributed by atoms with Gasteiger partial charge in [0.25, 0.3) is 0 Å². The van der Waals surface area contributed by atoms with Crippen LogP contribution in [0.2, 0.25) is 0 Å². The van der Waals surface area contributed by atoms with Crippen molar-refractivity contribution >= 4 is 21.6 Å². The van der Waals surface area contributed by atoms with E-state index in [0.29, 0.717) is 12.3 Å². The summed E-state index contributed by atoms with van der Waals surface area (Å²) < 4.78 is 31.3. The van der Waals surface area contributed by atoms with E-state index < -0.39 is 16.1 Å². The summed E-state index contributed by atoms with van der Waals surface area (Å²) in [6.07, 6.45) is 3.23. The number of sulfonamides is 1. The maximum absolute atomic E-state index is 12.5. The number of hydrogen-bond acceptors (Lipinski definition) is 4. The molecule has 2 rings (SSSR count). The summed E-state index contributed by atoms with van der Waals surface area (Å²) in [5.74, 6) is 0.363. The van der Waals surface area contributed by atoms with E-state index in [1.807, 2.05) is 43.3 Å². The van der Waals surface area contributed by atoms with Crippen molar-refractivity contribution in [2.24, 2.45) is 0 Å². The highest BCUT2D eigenvalue weighted by Crippen LogP contribution is 2.21. The van der Waals surface area contributed by atoms with Crippen LogP contribution in [0.1, 0.15) is 31.4 Å². The molecule has 0 spiro atoms. The molecule has 7 heteroatoms. The number of hydrogen-bond donors (Lipinski definition) is 1. The topological polar surface area (TPSA) is 75.7 Å². The summed E-state index contributed by atoms with van der Waals surface area (Å²) in [4.78, 5) is 12.5. The molecule has 1 atom stereocenters. The molecule has 0 radical (unpaired) electrons. The van der Waals surface area contributed by atoms with Crippen LogP contribution in [0, 0.1) is 6.92 Å². The van der Waals surface area contributed by atoms with E-state index in [2.05, 4.69) is 12.2 Å². The highest BCUT2D eigenvalue weighted by atomic mass is 32.2. The first-order valence-electron chi connectivity index (χ1n) is 9.78. The molecule has 2 aromatic rings. The fraction of sp³-hybridized carbons (Fsp3) is 0.409. The second-order valence-electron chi connectivity index (χ2n) is 7.10. The molecule has 0 saturated carbocycles. The Morgan fingerprint density at radius 1 is 1.10 bits per heavy atom. The lowest BCUT2D eigenvalue weighted by Crippen LogP contribution is -2.48. The van der Waals surface area contributed by atoms with Crippen LogP contribution < -0.4 is 14.4 Å². The van der Waals surface area contributed by atoms with Gasteiger partial charge in [-0.1, -0.05) is 43.2 Å². The van der Waals surface area contributed by atoms with Gasteiger partial charge >= 0.3 is 0 Å². The maximum Gasteiger partial charge on any atom is 0.243 e. The van der Waals surface area contributed by atoms with Crippen molar-refractivity contribution in [3.05, 3.63) is 59.7 Å². The Morgan fingerprint density at radius 3 is 2.28 bits per heavy atom. The quantitative estimate of drug-likeness (QED) is 0.601. The predicted octanol–water partition coefficient (Wildman–Crippen LogP) is 3.30. The molecule has 0 aliphatic rings. The summed E-state index contributed by atoms with van der Waals surface area (Å²) in [5, 5.41) is 2.75. The molecule has 29 heavy (non-hydrogen) atoms.